The van der Waals surface area contributed by atoms with Crippen molar-refractivity contribution in [3.63, 3.8) is 0 Å². The number of rotatable bonds is 6. The molecule has 21 heavy (non-hydrogen) atoms. The fourth-order valence-corrected chi connectivity index (χ4v) is 2.17. The zero-order valence-electron chi connectivity index (χ0n) is 12.8. The second-order valence-electron chi connectivity index (χ2n) is 5.07. The van der Waals surface area contributed by atoms with Crippen LogP contribution in [-0.4, -0.2) is 24.2 Å². The Hall–Kier alpha value is -2.07. The molecule has 112 valence electrons. The maximum atomic E-state index is 9.76. The number of aromatic nitrogens is 1. The van der Waals surface area contributed by atoms with E-state index in [1.54, 1.807) is 13.3 Å². The molecule has 0 radical (unpaired) electrons. The van der Waals surface area contributed by atoms with Gasteiger partial charge < -0.3 is 14.7 Å². The van der Waals surface area contributed by atoms with E-state index in [9.17, 15) is 5.11 Å². The van der Waals surface area contributed by atoms with Gasteiger partial charge in [-0.05, 0) is 36.2 Å². The summed E-state index contributed by atoms with van der Waals surface area (Å²) in [5, 5.41) is 9.76. The van der Waals surface area contributed by atoms with Gasteiger partial charge in [-0.1, -0.05) is 19.1 Å². The smallest absolute Gasteiger partial charge is 0.119 e. The number of aliphatic hydroxyl groups excluding tert-OH is 1. The molecule has 0 amide bonds. The summed E-state index contributed by atoms with van der Waals surface area (Å²) in [6, 6.07) is 11.9. The number of anilines is 1. The van der Waals surface area contributed by atoms with Crippen LogP contribution in [0.4, 0.5) is 5.69 Å². The van der Waals surface area contributed by atoms with Gasteiger partial charge in [0.15, 0.2) is 0 Å². The molecule has 0 fully saturated rings. The van der Waals surface area contributed by atoms with Crippen LogP contribution in [0.3, 0.4) is 0 Å². The highest BCUT2D eigenvalue weighted by Crippen LogP contribution is 2.20. The number of pyridine rings is 1. The van der Waals surface area contributed by atoms with Crippen molar-refractivity contribution in [2.24, 2.45) is 0 Å². The normalized spacial score (nSPS) is 12.0. The quantitative estimate of drug-likeness (QED) is 0.886. The van der Waals surface area contributed by atoms with E-state index in [-0.39, 0.29) is 0 Å². The van der Waals surface area contributed by atoms with Crippen LogP contribution in [0.5, 0.6) is 5.75 Å². The van der Waals surface area contributed by atoms with Gasteiger partial charge in [0, 0.05) is 13.6 Å². The summed E-state index contributed by atoms with van der Waals surface area (Å²) in [7, 11) is 3.69. The Kier molecular flexibility index (Phi) is 5.17. The van der Waals surface area contributed by atoms with Crippen LogP contribution in [0.2, 0.25) is 0 Å². The predicted molar refractivity (Wildman–Crippen MR) is 84.6 cm³/mol. The lowest BCUT2D eigenvalue weighted by atomic mass is 10.1. The summed E-state index contributed by atoms with van der Waals surface area (Å²) in [6.45, 7) is 2.71. The minimum absolute atomic E-state index is 0.484. The summed E-state index contributed by atoms with van der Waals surface area (Å²) in [5.74, 6) is 0.862. The summed E-state index contributed by atoms with van der Waals surface area (Å²) in [5.41, 5.74) is 2.91. The SMILES string of the molecule is CCC(O)c1ccc(N(C)Cc2cccc(OC)c2)cn1. The summed E-state index contributed by atoms with van der Waals surface area (Å²) in [4.78, 5) is 6.44. The zero-order valence-corrected chi connectivity index (χ0v) is 12.8. The van der Waals surface area contributed by atoms with Gasteiger partial charge in [0.2, 0.25) is 0 Å². The highest BCUT2D eigenvalue weighted by molar-refractivity contribution is 5.45. The first-order valence-corrected chi connectivity index (χ1v) is 7.12. The standard InChI is InChI=1S/C17H22N2O2/c1-4-17(20)16-9-8-14(11-18-16)19(2)12-13-6-5-7-15(10-13)21-3/h5-11,17,20H,4,12H2,1-3H3. The van der Waals surface area contributed by atoms with E-state index in [0.29, 0.717) is 6.42 Å². The van der Waals surface area contributed by atoms with Crippen LogP contribution >= 0.6 is 0 Å². The van der Waals surface area contributed by atoms with Gasteiger partial charge in [-0.25, -0.2) is 0 Å². The summed E-state index contributed by atoms with van der Waals surface area (Å²) >= 11 is 0. The van der Waals surface area contributed by atoms with Crippen molar-refractivity contribution < 1.29 is 9.84 Å². The molecular weight excluding hydrogens is 264 g/mol. The third-order valence-electron chi connectivity index (χ3n) is 3.49. The molecule has 1 heterocycles. The van der Waals surface area contributed by atoms with E-state index in [2.05, 4.69) is 16.0 Å². The van der Waals surface area contributed by atoms with Crippen molar-refractivity contribution in [3.05, 3.63) is 53.9 Å². The van der Waals surface area contributed by atoms with E-state index in [1.807, 2.05) is 44.3 Å². The fraction of sp³-hybridized carbons (Fsp3) is 0.353. The van der Waals surface area contributed by atoms with Gasteiger partial charge in [-0.2, -0.15) is 0 Å². The topological polar surface area (TPSA) is 45.6 Å². The molecule has 0 saturated carbocycles. The number of benzene rings is 1. The van der Waals surface area contributed by atoms with Gasteiger partial charge in [0.05, 0.1) is 30.8 Å². The molecule has 0 spiro atoms. The largest absolute Gasteiger partial charge is 0.497 e. The number of hydrogen-bond acceptors (Lipinski definition) is 4. The molecule has 1 unspecified atom stereocenters. The zero-order chi connectivity index (χ0) is 15.2. The third kappa shape index (κ3) is 3.95. The van der Waals surface area contributed by atoms with E-state index >= 15 is 0 Å². The van der Waals surface area contributed by atoms with Crippen molar-refractivity contribution in [2.45, 2.75) is 26.0 Å². The number of ether oxygens (including phenoxy) is 1. The Balaban J connectivity index is 2.07. The lowest BCUT2D eigenvalue weighted by molar-refractivity contribution is 0.169. The van der Waals surface area contributed by atoms with Crippen molar-refractivity contribution >= 4 is 5.69 Å². The molecule has 0 bridgehead atoms. The molecule has 4 nitrogen and oxygen atoms in total. The Labute approximate surface area is 126 Å². The van der Waals surface area contributed by atoms with Crippen LogP contribution in [-0.2, 0) is 6.54 Å². The minimum atomic E-state index is -0.484. The third-order valence-corrected chi connectivity index (χ3v) is 3.49. The van der Waals surface area contributed by atoms with Crippen molar-refractivity contribution in [2.75, 3.05) is 19.1 Å². The number of methoxy groups -OCH3 is 1. The van der Waals surface area contributed by atoms with Crippen LogP contribution in [0, 0.1) is 0 Å². The van der Waals surface area contributed by atoms with Gasteiger partial charge in [0.25, 0.3) is 0 Å². The van der Waals surface area contributed by atoms with Crippen molar-refractivity contribution in [3.8, 4) is 5.75 Å². The highest BCUT2D eigenvalue weighted by atomic mass is 16.5. The molecule has 0 aliphatic heterocycles. The molecule has 2 aromatic rings. The second kappa shape index (κ2) is 7.09. The summed E-state index contributed by atoms with van der Waals surface area (Å²) in [6.07, 6.45) is 1.99. The van der Waals surface area contributed by atoms with E-state index in [4.69, 9.17) is 4.74 Å². The Morgan fingerprint density at radius 3 is 2.71 bits per heavy atom. The maximum absolute atomic E-state index is 9.76. The molecule has 0 aliphatic rings. The number of aliphatic hydroxyl groups is 1. The van der Waals surface area contributed by atoms with E-state index in [1.165, 1.54) is 5.56 Å². The van der Waals surface area contributed by atoms with Gasteiger partial charge in [-0.3, -0.25) is 4.98 Å². The van der Waals surface area contributed by atoms with Crippen molar-refractivity contribution in [1.29, 1.82) is 0 Å². The second-order valence-corrected chi connectivity index (χ2v) is 5.07. The molecule has 0 saturated heterocycles. The Morgan fingerprint density at radius 2 is 2.10 bits per heavy atom. The number of hydrogen-bond donors (Lipinski definition) is 1. The van der Waals surface area contributed by atoms with Crippen LogP contribution in [0.15, 0.2) is 42.6 Å². The first kappa shape index (κ1) is 15.3. The molecule has 1 N–H and O–H groups in total. The van der Waals surface area contributed by atoms with Gasteiger partial charge in [-0.15, -0.1) is 0 Å². The lowest BCUT2D eigenvalue weighted by Crippen LogP contribution is -2.16. The van der Waals surface area contributed by atoms with Gasteiger partial charge >= 0.3 is 0 Å². The average molecular weight is 286 g/mol. The first-order valence-electron chi connectivity index (χ1n) is 7.12. The molecule has 1 atom stereocenters. The van der Waals surface area contributed by atoms with Gasteiger partial charge in [0.1, 0.15) is 5.75 Å². The Morgan fingerprint density at radius 1 is 1.29 bits per heavy atom. The predicted octanol–water partition coefficient (Wildman–Crippen LogP) is 3.17. The van der Waals surface area contributed by atoms with Crippen LogP contribution in [0.25, 0.3) is 0 Å². The van der Waals surface area contributed by atoms with Crippen LogP contribution in [0.1, 0.15) is 30.7 Å². The van der Waals surface area contributed by atoms with E-state index < -0.39 is 6.10 Å². The highest BCUT2D eigenvalue weighted by Gasteiger charge is 2.08. The average Bonchev–Trinajstić information content (AvgIpc) is 2.54. The van der Waals surface area contributed by atoms with Crippen LogP contribution < -0.4 is 9.64 Å². The minimum Gasteiger partial charge on any atom is -0.497 e. The Bertz CT molecular complexity index is 569. The fourth-order valence-electron chi connectivity index (χ4n) is 2.17. The monoisotopic (exact) mass is 286 g/mol. The number of nitrogens with zero attached hydrogens (tertiary/aromatic N) is 2. The summed E-state index contributed by atoms with van der Waals surface area (Å²) < 4.78 is 5.24. The molecule has 1 aromatic heterocycles. The molecule has 0 aliphatic carbocycles. The lowest BCUT2D eigenvalue weighted by Gasteiger charge is -2.20. The molecule has 1 aromatic carbocycles. The molecule has 2 rings (SSSR count). The molecule has 4 heteroatoms. The van der Waals surface area contributed by atoms with E-state index in [0.717, 1.165) is 23.7 Å². The molecular formula is C17H22N2O2. The van der Waals surface area contributed by atoms with Crippen molar-refractivity contribution in [1.82, 2.24) is 4.98 Å². The first-order chi connectivity index (χ1) is 10.1. The maximum Gasteiger partial charge on any atom is 0.119 e.